The highest BCUT2D eigenvalue weighted by atomic mass is 19.4. The first kappa shape index (κ1) is 21.3. The number of ether oxygens (including phenoxy) is 6. The molecule has 1 aromatic carbocycles. The van der Waals surface area contributed by atoms with Gasteiger partial charge in [0.15, 0.2) is 24.0 Å². The number of benzene rings is 1. The summed E-state index contributed by atoms with van der Waals surface area (Å²) in [6.45, 7) is 6.89. The van der Waals surface area contributed by atoms with E-state index in [0.29, 0.717) is 0 Å². The molecule has 1 aromatic rings. The van der Waals surface area contributed by atoms with Gasteiger partial charge in [0.1, 0.15) is 24.1 Å². The van der Waals surface area contributed by atoms with Gasteiger partial charge < -0.3 is 33.7 Å². The van der Waals surface area contributed by atoms with Crippen LogP contribution < -0.4 is 10.1 Å². The van der Waals surface area contributed by atoms with Crippen LogP contribution in [0.3, 0.4) is 0 Å². The summed E-state index contributed by atoms with van der Waals surface area (Å²) in [5, 5.41) is 2.61. The summed E-state index contributed by atoms with van der Waals surface area (Å²) in [6, 6.07) is 4.77. The Labute approximate surface area is 170 Å². The van der Waals surface area contributed by atoms with Gasteiger partial charge >= 0.3 is 6.36 Å². The lowest BCUT2D eigenvalue weighted by molar-refractivity contribution is -0.274. The minimum Gasteiger partial charge on any atom is -0.406 e. The summed E-state index contributed by atoms with van der Waals surface area (Å²) in [6.07, 6.45) is -8.64. The van der Waals surface area contributed by atoms with Gasteiger partial charge in [-0.25, -0.2) is 0 Å². The largest absolute Gasteiger partial charge is 0.573 e. The van der Waals surface area contributed by atoms with Crippen molar-refractivity contribution >= 4 is 11.6 Å². The number of nitrogens with one attached hydrogen (secondary N) is 1. The number of carbonyl (C=O) groups is 1. The van der Waals surface area contributed by atoms with Crippen molar-refractivity contribution in [2.75, 3.05) is 5.32 Å². The Morgan fingerprint density at radius 1 is 0.933 bits per heavy atom. The Bertz CT molecular complexity index is 811. The van der Waals surface area contributed by atoms with Gasteiger partial charge in [0.05, 0.1) is 0 Å². The molecule has 3 aliphatic heterocycles. The molecule has 11 heteroatoms. The molecule has 8 nitrogen and oxygen atoms in total. The van der Waals surface area contributed by atoms with E-state index in [1.54, 1.807) is 27.7 Å². The SMILES string of the molecule is CC1(C)O[C@@H]2O[C@H](C(=O)Nc3ccc(OC(F)(F)F)cc3)[C@@H]3OC(C)(C)O[C@H]3[C@@H]2O1. The van der Waals surface area contributed by atoms with Gasteiger partial charge in [-0.3, -0.25) is 4.79 Å². The Kier molecular flexibility index (Phi) is 5.02. The van der Waals surface area contributed by atoms with Crippen LogP contribution in [0.25, 0.3) is 0 Å². The van der Waals surface area contributed by atoms with E-state index in [2.05, 4.69) is 10.1 Å². The maximum Gasteiger partial charge on any atom is 0.573 e. The van der Waals surface area contributed by atoms with Crippen LogP contribution in [-0.2, 0) is 28.5 Å². The standard InChI is InChI=1S/C19H22F3NO7/c1-17(2)27-11-12(28-17)14-16(30-18(3,4)29-14)25-13(11)15(24)23-9-5-7-10(8-6-9)26-19(20,21)22/h5-8,11-14,16H,1-4H3,(H,23,24)/t11-,12-,13+,14+,16+/m1/s1. The van der Waals surface area contributed by atoms with Crippen molar-refractivity contribution in [1.29, 1.82) is 0 Å². The number of alkyl halides is 3. The number of hydrogen-bond donors (Lipinski definition) is 1. The van der Waals surface area contributed by atoms with Crippen molar-refractivity contribution in [2.45, 2.75) is 76.3 Å². The van der Waals surface area contributed by atoms with Gasteiger partial charge in [-0.15, -0.1) is 13.2 Å². The monoisotopic (exact) mass is 433 g/mol. The molecular formula is C19H22F3NO7. The molecule has 3 heterocycles. The molecule has 0 bridgehead atoms. The molecule has 4 rings (SSSR count). The summed E-state index contributed by atoms with van der Waals surface area (Å²) in [5.41, 5.74) is 0.263. The molecule has 3 saturated heterocycles. The normalized spacial score (nSPS) is 34.2. The lowest BCUT2D eigenvalue weighted by Gasteiger charge is -2.36. The molecule has 0 spiro atoms. The van der Waals surface area contributed by atoms with Gasteiger partial charge in [0.2, 0.25) is 0 Å². The van der Waals surface area contributed by atoms with E-state index in [1.807, 2.05) is 0 Å². The van der Waals surface area contributed by atoms with E-state index in [-0.39, 0.29) is 5.69 Å². The quantitative estimate of drug-likeness (QED) is 0.785. The summed E-state index contributed by atoms with van der Waals surface area (Å²) in [7, 11) is 0. The molecule has 0 aliphatic carbocycles. The van der Waals surface area contributed by atoms with E-state index in [4.69, 9.17) is 23.7 Å². The average molecular weight is 433 g/mol. The Hall–Kier alpha value is -1.92. The fourth-order valence-corrected chi connectivity index (χ4v) is 3.78. The second-order valence-electron chi connectivity index (χ2n) is 8.15. The Morgan fingerprint density at radius 3 is 2.13 bits per heavy atom. The zero-order valence-corrected chi connectivity index (χ0v) is 16.7. The minimum atomic E-state index is -4.80. The molecule has 3 fully saturated rings. The Balaban J connectivity index is 1.49. The van der Waals surface area contributed by atoms with Gasteiger partial charge in [0.25, 0.3) is 5.91 Å². The molecule has 0 unspecified atom stereocenters. The van der Waals surface area contributed by atoms with Crippen molar-refractivity contribution in [2.24, 2.45) is 0 Å². The van der Waals surface area contributed by atoms with Crippen molar-refractivity contribution in [3.8, 4) is 5.75 Å². The third kappa shape index (κ3) is 4.40. The molecule has 0 radical (unpaired) electrons. The average Bonchev–Trinajstić information content (AvgIpc) is 3.08. The van der Waals surface area contributed by atoms with Crippen LogP contribution in [0.5, 0.6) is 5.75 Å². The molecule has 0 saturated carbocycles. The number of hydrogen-bond acceptors (Lipinski definition) is 7. The first-order valence-electron chi connectivity index (χ1n) is 9.35. The van der Waals surface area contributed by atoms with Crippen LogP contribution in [-0.4, -0.2) is 54.5 Å². The van der Waals surface area contributed by atoms with E-state index in [9.17, 15) is 18.0 Å². The van der Waals surface area contributed by atoms with Crippen LogP contribution >= 0.6 is 0 Å². The second kappa shape index (κ2) is 7.06. The molecule has 0 aromatic heterocycles. The van der Waals surface area contributed by atoms with Crippen LogP contribution in [0, 0.1) is 0 Å². The van der Waals surface area contributed by atoms with Crippen molar-refractivity contribution in [1.82, 2.24) is 0 Å². The maximum absolute atomic E-state index is 12.9. The predicted molar refractivity (Wildman–Crippen MR) is 94.3 cm³/mol. The van der Waals surface area contributed by atoms with Crippen LogP contribution in [0.15, 0.2) is 24.3 Å². The second-order valence-corrected chi connectivity index (χ2v) is 8.15. The summed E-state index contributed by atoms with van der Waals surface area (Å²) >= 11 is 0. The zero-order chi connectivity index (χ0) is 21.9. The molecule has 166 valence electrons. The van der Waals surface area contributed by atoms with Crippen LogP contribution in [0.4, 0.5) is 18.9 Å². The summed E-state index contributed by atoms with van der Waals surface area (Å²) < 4.78 is 70.0. The van der Waals surface area contributed by atoms with Crippen LogP contribution in [0.2, 0.25) is 0 Å². The minimum absolute atomic E-state index is 0.263. The van der Waals surface area contributed by atoms with Gasteiger partial charge in [-0.05, 0) is 52.0 Å². The fraction of sp³-hybridized carbons (Fsp3) is 0.632. The van der Waals surface area contributed by atoms with E-state index < -0.39 is 60.3 Å². The molecular weight excluding hydrogens is 411 g/mol. The number of anilines is 1. The number of carbonyl (C=O) groups excluding carboxylic acids is 1. The lowest BCUT2D eigenvalue weighted by Crippen LogP contribution is -2.58. The molecule has 30 heavy (non-hydrogen) atoms. The summed E-state index contributed by atoms with van der Waals surface area (Å²) in [4.78, 5) is 12.9. The summed E-state index contributed by atoms with van der Waals surface area (Å²) in [5.74, 6) is -2.83. The topological polar surface area (TPSA) is 84.5 Å². The van der Waals surface area contributed by atoms with E-state index in [1.165, 1.54) is 12.1 Å². The third-order valence-corrected chi connectivity index (χ3v) is 4.77. The maximum atomic E-state index is 12.9. The van der Waals surface area contributed by atoms with Gasteiger partial charge in [-0.1, -0.05) is 0 Å². The van der Waals surface area contributed by atoms with Crippen LogP contribution in [0.1, 0.15) is 27.7 Å². The smallest absolute Gasteiger partial charge is 0.406 e. The molecule has 1 amide bonds. The number of rotatable bonds is 3. The first-order chi connectivity index (χ1) is 13.8. The van der Waals surface area contributed by atoms with E-state index >= 15 is 0 Å². The van der Waals surface area contributed by atoms with Crippen molar-refractivity contribution < 1.29 is 46.4 Å². The van der Waals surface area contributed by atoms with E-state index in [0.717, 1.165) is 12.1 Å². The third-order valence-electron chi connectivity index (χ3n) is 4.77. The Morgan fingerprint density at radius 2 is 1.50 bits per heavy atom. The van der Waals surface area contributed by atoms with Crippen molar-refractivity contribution in [3.05, 3.63) is 24.3 Å². The highest BCUT2D eigenvalue weighted by Gasteiger charge is 2.62. The highest BCUT2D eigenvalue weighted by molar-refractivity contribution is 5.94. The highest BCUT2D eigenvalue weighted by Crippen LogP contribution is 2.44. The van der Waals surface area contributed by atoms with Gasteiger partial charge in [-0.2, -0.15) is 0 Å². The number of halogens is 3. The molecule has 1 N–H and O–H groups in total. The lowest BCUT2D eigenvalue weighted by atomic mass is 9.98. The first-order valence-corrected chi connectivity index (χ1v) is 9.35. The number of fused-ring (bicyclic) bond motifs is 3. The van der Waals surface area contributed by atoms with Crippen molar-refractivity contribution in [3.63, 3.8) is 0 Å². The van der Waals surface area contributed by atoms with Gasteiger partial charge in [0, 0.05) is 5.69 Å². The zero-order valence-electron chi connectivity index (χ0n) is 16.7. The predicted octanol–water partition coefficient (Wildman–Crippen LogP) is 2.92. The molecule has 3 aliphatic rings. The number of amides is 1. The molecule has 5 atom stereocenters. The fourth-order valence-electron chi connectivity index (χ4n) is 3.78.